The maximum absolute atomic E-state index is 13.0. The van der Waals surface area contributed by atoms with Crippen molar-refractivity contribution in [2.75, 3.05) is 44.3 Å². The molecule has 3 saturated heterocycles. The highest BCUT2D eigenvalue weighted by Crippen LogP contribution is 2.33. The summed E-state index contributed by atoms with van der Waals surface area (Å²) < 4.78 is 8.04. The first-order valence-electron chi connectivity index (χ1n) is 9.98. The van der Waals surface area contributed by atoms with E-state index in [2.05, 4.69) is 21.8 Å². The lowest BCUT2D eigenvalue weighted by Crippen LogP contribution is -2.59. The van der Waals surface area contributed by atoms with Crippen molar-refractivity contribution in [3.8, 4) is 0 Å². The highest BCUT2D eigenvalue weighted by Gasteiger charge is 2.42. The summed E-state index contributed by atoms with van der Waals surface area (Å²) in [5, 5.41) is 4.25. The van der Waals surface area contributed by atoms with Gasteiger partial charge in [-0.3, -0.25) is 9.48 Å². The number of likely N-dealkylation sites (tertiary alicyclic amines) is 1. The SMILES string of the molecule is CCn1nccc1C(=O)N1CCOC2(CCN(C3CCSCC3)CC2)C1. The van der Waals surface area contributed by atoms with Crippen LogP contribution in [0.1, 0.15) is 43.1 Å². The van der Waals surface area contributed by atoms with Crippen LogP contribution >= 0.6 is 11.8 Å². The van der Waals surface area contributed by atoms with Gasteiger partial charge < -0.3 is 14.5 Å². The molecule has 1 amide bonds. The number of morpholine rings is 1. The summed E-state index contributed by atoms with van der Waals surface area (Å²) in [6.45, 7) is 6.98. The Morgan fingerprint density at radius 1 is 1.31 bits per heavy atom. The molecule has 0 atom stereocenters. The van der Waals surface area contributed by atoms with E-state index in [4.69, 9.17) is 4.74 Å². The molecule has 7 heteroatoms. The molecule has 1 aromatic heterocycles. The van der Waals surface area contributed by atoms with Crippen LogP contribution < -0.4 is 0 Å². The maximum Gasteiger partial charge on any atom is 0.272 e. The van der Waals surface area contributed by atoms with E-state index in [9.17, 15) is 4.79 Å². The molecular weight excluding hydrogens is 348 g/mol. The van der Waals surface area contributed by atoms with Gasteiger partial charge in [0.25, 0.3) is 5.91 Å². The molecule has 26 heavy (non-hydrogen) atoms. The fourth-order valence-corrected chi connectivity index (χ4v) is 5.68. The van der Waals surface area contributed by atoms with E-state index < -0.39 is 0 Å². The van der Waals surface area contributed by atoms with Gasteiger partial charge in [-0.15, -0.1) is 0 Å². The molecule has 4 heterocycles. The Bertz CT molecular complexity index is 621. The topological polar surface area (TPSA) is 50.6 Å². The van der Waals surface area contributed by atoms with Gasteiger partial charge in [0.2, 0.25) is 0 Å². The van der Waals surface area contributed by atoms with Gasteiger partial charge in [0.05, 0.1) is 18.8 Å². The zero-order valence-corrected chi connectivity index (χ0v) is 16.5. The lowest BCUT2D eigenvalue weighted by Gasteiger charge is -2.49. The fourth-order valence-electron chi connectivity index (χ4n) is 4.60. The van der Waals surface area contributed by atoms with Crippen LogP contribution in [0.3, 0.4) is 0 Å². The number of hydrogen-bond donors (Lipinski definition) is 0. The van der Waals surface area contributed by atoms with Crippen LogP contribution in [-0.2, 0) is 11.3 Å². The van der Waals surface area contributed by atoms with Crippen molar-refractivity contribution < 1.29 is 9.53 Å². The van der Waals surface area contributed by atoms with Crippen LogP contribution in [0.25, 0.3) is 0 Å². The van der Waals surface area contributed by atoms with Crippen LogP contribution in [0.2, 0.25) is 0 Å². The zero-order chi connectivity index (χ0) is 18.0. The maximum atomic E-state index is 13.0. The van der Waals surface area contributed by atoms with Crippen molar-refractivity contribution in [1.82, 2.24) is 19.6 Å². The molecule has 0 aliphatic carbocycles. The number of thioether (sulfide) groups is 1. The molecule has 0 N–H and O–H groups in total. The smallest absolute Gasteiger partial charge is 0.272 e. The Balaban J connectivity index is 1.38. The fraction of sp³-hybridized carbons (Fsp3) is 0.789. The molecule has 3 aliphatic rings. The molecule has 0 aromatic carbocycles. The third-order valence-electron chi connectivity index (χ3n) is 6.19. The van der Waals surface area contributed by atoms with Crippen LogP contribution in [0.5, 0.6) is 0 Å². The summed E-state index contributed by atoms with van der Waals surface area (Å²) in [6.07, 6.45) is 6.43. The molecule has 3 aliphatic heterocycles. The van der Waals surface area contributed by atoms with E-state index in [0.717, 1.165) is 45.1 Å². The number of ether oxygens (including phenoxy) is 1. The van der Waals surface area contributed by atoms with Crippen LogP contribution in [0.15, 0.2) is 12.3 Å². The first-order chi connectivity index (χ1) is 12.7. The Hall–Kier alpha value is -1.05. The van der Waals surface area contributed by atoms with E-state index in [1.54, 1.807) is 10.9 Å². The molecule has 1 aromatic rings. The predicted molar refractivity (Wildman–Crippen MR) is 104 cm³/mol. The summed E-state index contributed by atoms with van der Waals surface area (Å²) in [5.41, 5.74) is 0.548. The van der Waals surface area contributed by atoms with Crippen molar-refractivity contribution >= 4 is 17.7 Å². The van der Waals surface area contributed by atoms with Gasteiger partial charge in [0.1, 0.15) is 5.69 Å². The molecule has 0 saturated carbocycles. The van der Waals surface area contributed by atoms with Crippen molar-refractivity contribution in [2.24, 2.45) is 0 Å². The summed E-state index contributed by atoms with van der Waals surface area (Å²) in [6, 6.07) is 2.59. The summed E-state index contributed by atoms with van der Waals surface area (Å²) in [5.74, 6) is 2.70. The van der Waals surface area contributed by atoms with Crippen LogP contribution in [-0.4, -0.2) is 81.4 Å². The van der Waals surface area contributed by atoms with Crippen molar-refractivity contribution in [3.63, 3.8) is 0 Å². The van der Waals surface area contributed by atoms with E-state index in [1.165, 1.54) is 24.3 Å². The van der Waals surface area contributed by atoms with Crippen molar-refractivity contribution in [3.05, 3.63) is 18.0 Å². The number of carbonyl (C=O) groups is 1. The minimum Gasteiger partial charge on any atom is -0.371 e. The zero-order valence-electron chi connectivity index (χ0n) is 15.7. The molecule has 1 spiro atoms. The molecular formula is C19H30N4O2S. The van der Waals surface area contributed by atoms with Gasteiger partial charge in [0, 0.05) is 38.4 Å². The predicted octanol–water partition coefficient (Wildman–Crippen LogP) is 2.11. The second-order valence-corrected chi connectivity index (χ2v) is 8.89. The van der Waals surface area contributed by atoms with Gasteiger partial charge in [0.15, 0.2) is 0 Å². The van der Waals surface area contributed by atoms with Gasteiger partial charge in [-0.25, -0.2) is 0 Å². The largest absolute Gasteiger partial charge is 0.371 e. The highest BCUT2D eigenvalue weighted by molar-refractivity contribution is 7.99. The van der Waals surface area contributed by atoms with E-state index >= 15 is 0 Å². The average Bonchev–Trinajstić information content (AvgIpc) is 3.17. The highest BCUT2D eigenvalue weighted by atomic mass is 32.2. The Morgan fingerprint density at radius 3 is 2.81 bits per heavy atom. The first kappa shape index (κ1) is 18.3. The number of piperidine rings is 1. The van der Waals surface area contributed by atoms with E-state index in [-0.39, 0.29) is 11.5 Å². The first-order valence-corrected chi connectivity index (χ1v) is 11.1. The van der Waals surface area contributed by atoms with Gasteiger partial charge in [-0.05, 0) is 50.2 Å². The lowest BCUT2D eigenvalue weighted by molar-refractivity contribution is -0.130. The number of rotatable bonds is 3. The van der Waals surface area contributed by atoms with Gasteiger partial charge >= 0.3 is 0 Å². The number of nitrogens with zero attached hydrogens (tertiary/aromatic N) is 4. The number of aryl methyl sites for hydroxylation is 1. The summed E-state index contributed by atoms with van der Waals surface area (Å²) in [7, 11) is 0. The van der Waals surface area contributed by atoms with E-state index in [0.29, 0.717) is 18.8 Å². The molecule has 0 radical (unpaired) electrons. The van der Waals surface area contributed by atoms with Crippen LogP contribution in [0, 0.1) is 0 Å². The molecule has 0 bridgehead atoms. The van der Waals surface area contributed by atoms with Gasteiger partial charge in [-0.2, -0.15) is 16.9 Å². The van der Waals surface area contributed by atoms with Crippen molar-refractivity contribution in [1.29, 1.82) is 0 Å². The number of hydrogen-bond acceptors (Lipinski definition) is 5. The quantitative estimate of drug-likeness (QED) is 0.806. The minimum absolute atomic E-state index is 0.0961. The normalized spacial score (nSPS) is 24.9. The molecule has 0 unspecified atom stereocenters. The van der Waals surface area contributed by atoms with Crippen molar-refractivity contribution in [2.45, 2.75) is 50.8 Å². The monoisotopic (exact) mass is 378 g/mol. The Kier molecular flexibility index (Phi) is 5.57. The standard InChI is InChI=1S/C19H30N4O2S/c1-2-23-17(3-8-20-23)18(24)22-11-12-25-19(15-22)6-9-21(10-7-19)16-4-13-26-14-5-16/h3,8,16H,2,4-7,9-15H2,1H3. The van der Waals surface area contributed by atoms with Crippen LogP contribution in [0.4, 0.5) is 0 Å². The average molecular weight is 379 g/mol. The van der Waals surface area contributed by atoms with E-state index in [1.807, 2.05) is 17.9 Å². The Labute approximate surface area is 160 Å². The second-order valence-electron chi connectivity index (χ2n) is 7.67. The number of amides is 1. The minimum atomic E-state index is -0.148. The summed E-state index contributed by atoms with van der Waals surface area (Å²) >= 11 is 2.09. The lowest BCUT2D eigenvalue weighted by atomic mass is 9.88. The third-order valence-corrected chi connectivity index (χ3v) is 7.24. The second kappa shape index (κ2) is 7.90. The summed E-state index contributed by atoms with van der Waals surface area (Å²) in [4.78, 5) is 17.6. The number of aromatic nitrogens is 2. The molecule has 6 nitrogen and oxygen atoms in total. The number of carbonyl (C=O) groups excluding carboxylic acids is 1. The molecule has 144 valence electrons. The third kappa shape index (κ3) is 3.66. The molecule has 3 fully saturated rings. The Morgan fingerprint density at radius 2 is 2.08 bits per heavy atom. The van der Waals surface area contributed by atoms with Gasteiger partial charge in [-0.1, -0.05) is 0 Å². The molecule has 4 rings (SSSR count).